The Morgan fingerprint density at radius 3 is 2.88 bits per heavy atom. The third-order valence-electron chi connectivity index (χ3n) is 2.15. The first-order chi connectivity index (χ1) is 7.72. The third kappa shape index (κ3) is 1.68. The Morgan fingerprint density at radius 1 is 1.44 bits per heavy atom. The van der Waals surface area contributed by atoms with Crippen molar-refractivity contribution in [1.82, 2.24) is 15.0 Å². The molecular weight excluding hydrogens is 204 g/mol. The monoisotopic (exact) mass is 212 g/mol. The number of nitriles is 1. The maximum absolute atomic E-state index is 11.4. The molecule has 2 aromatic heterocycles. The number of aryl methyl sites for hydroxylation is 1. The molecule has 0 bridgehead atoms. The SMILES string of the molecule is Cc1cccnc1-c1ncc(C#N)c(=O)[nH]1. The zero-order valence-electron chi connectivity index (χ0n) is 8.56. The summed E-state index contributed by atoms with van der Waals surface area (Å²) in [5.41, 5.74) is 1.08. The van der Waals surface area contributed by atoms with Gasteiger partial charge in [0.05, 0.1) is 6.20 Å². The third-order valence-corrected chi connectivity index (χ3v) is 2.15. The number of pyridine rings is 1. The van der Waals surface area contributed by atoms with Crippen LogP contribution in [0.3, 0.4) is 0 Å². The van der Waals surface area contributed by atoms with Crippen molar-refractivity contribution in [3.05, 3.63) is 46.0 Å². The number of H-pyrrole nitrogens is 1. The summed E-state index contributed by atoms with van der Waals surface area (Å²) in [7, 11) is 0. The minimum absolute atomic E-state index is 0.00247. The molecule has 16 heavy (non-hydrogen) atoms. The summed E-state index contributed by atoms with van der Waals surface area (Å²) in [5, 5.41) is 8.61. The van der Waals surface area contributed by atoms with Crippen molar-refractivity contribution in [2.45, 2.75) is 6.92 Å². The lowest BCUT2D eigenvalue weighted by molar-refractivity contribution is 1.08. The lowest BCUT2D eigenvalue weighted by atomic mass is 10.2. The molecule has 0 saturated carbocycles. The standard InChI is InChI=1S/C11H8N4O/c1-7-3-2-4-13-9(7)10-14-6-8(5-12)11(16)15-10/h2-4,6H,1H3,(H,14,15,16). The Bertz CT molecular complexity index is 624. The number of hydrogen-bond donors (Lipinski definition) is 1. The number of rotatable bonds is 1. The zero-order valence-corrected chi connectivity index (χ0v) is 8.56. The van der Waals surface area contributed by atoms with Gasteiger partial charge < -0.3 is 4.98 Å². The fraction of sp³-hybridized carbons (Fsp3) is 0.0909. The first kappa shape index (κ1) is 10.1. The minimum atomic E-state index is -0.447. The second-order valence-corrected chi connectivity index (χ2v) is 3.26. The molecule has 2 rings (SSSR count). The molecule has 0 aliphatic rings. The van der Waals surface area contributed by atoms with Crippen molar-refractivity contribution in [1.29, 1.82) is 5.26 Å². The second kappa shape index (κ2) is 3.95. The van der Waals surface area contributed by atoms with Gasteiger partial charge in [-0.1, -0.05) is 6.07 Å². The molecule has 0 aliphatic heterocycles. The Labute approximate surface area is 91.4 Å². The molecule has 0 radical (unpaired) electrons. The lowest BCUT2D eigenvalue weighted by Gasteiger charge is -2.02. The van der Waals surface area contributed by atoms with Crippen LogP contribution in [-0.2, 0) is 0 Å². The van der Waals surface area contributed by atoms with E-state index in [0.29, 0.717) is 11.5 Å². The quantitative estimate of drug-likeness (QED) is 0.764. The number of hydrogen-bond acceptors (Lipinski definition) is 4. The van der Waals surface area contributed by atoms with Gasteiger partial charge in [0.2, 0.25) is 0 Å². The van der Waals surface area contributed by atoms with Gasteiger partial charge in [-0.25, -0.2) is 4.98 Å². The lowest BCUT2D eigenvalue weighted by Crippen LogP contribution is -2.12. The van der Waals surface area contributed by atoms with Crippen molar-refractivity contribution in [2.24, 2.45) is 0 Å². The molecule has 2 heterocycles. The maximum Gasteiger partial charge on any atom is 0.269 e. The van der Waals surface area contributed by atoms with Crippen molar-refractivity contribution in [3.63, 3.8) is 0 Å². The normalized spacial score (nSPS) is 9.75. The van der Waals surface area contributed by atoms with Gasteiger partial charge >= 0.3 is 0 Å². The van der Waals surface area contributed by atoms with Gasteiger partial charge in [0, 0.05) is 6.20 Å². The van der Waals surface area contributed by atoms with Crippen LogP contribution in [0.2, 0.25) is 0 Å². The van der Waals surface area contributed by atoms with Crippen molar-refractivity contribution in [2.75, 3.05) is 0 Å². The van der Waals surface area contributed by atoms with E-state index < -0.39 is 5.56 Å². The van der Waals surface area contributed by atoms with Gasteiger partial charge in [0.15, 0.2) is 5.82 Å². The summed E-state index contributed by atoms with van der Waals surface area (Å²) >= 11 is 0. The van der Waals surface area contributed by atoms with E-state index in [2.05, 4.69) is 15.0 Å². The van der Waals surface area contributed by atoms with E-state index in [1.165, 1.54) is 6.20 Å². The molecule has 1 N–H and O–H groups in total. The molecular formula is C11H8N4O. The van der Waals surface area contributed by atoms with Crippen LogP contribution in [0.15, 0.2) is 29.3 Å². The Hall–Kier alpha value is -2.48. The van der Waals surface area contributed by atoms with Gasteiger partial charge in [0.1, 0.15) is 17.3 Å². The molecule has 5 nitrogen and oxygen atoms in total. The molecule has 0 unspecified atom stereocenters. The van der Waals surface area contributed by atoms with Gasteiger partial charge in [-0.15, -0.1) is 0 Å². The molecule has 2 aromatic rings. The number of aromatic amines is 1. The average Bonchev–Trinajstić information content (AvgIpc) is 2.29. The molecule has 78 valence electrons. The zero-order chi connectivity index (χ0) is 11.5. The molecule has 0 aromatic carbocycles. The van der Waals surface area contributed by atoms with Gasteiger partial charge in [-0.2, -0.15) is 5.26 Å². The van der Waals surface area contributed by atoms with Crippen molar-refractivity contribution >= 4 is 0 Å². The van der Waals surface area contributed by atoms with E-state index in [1.54, 1.807) is 18.3 Å². The largest absolute Gasteiger partial charge is 0.304 e. The van der Waals surface area contributed by atoms with E-state index in [4.69, 9.17) is 5.26 Å². The Kier molecular flexibility index (Phi) is 2.48. The van der Waals surface area contributed by atoms with Crippen LogP contribution in [0.1, 0.15) is 11.1 Å². The van der Waals surface area contributed by atoms with Crippen molar-refractivity contribution in [3.8, 4) is 17.6 Å². The Balaban J connectivity index is 2.60. The van der Waals surface area contributed by atoms with E-state index >= 15 is 0 Å². The average molecular weight is 212 g/mol. The molecule has 5 heteroatoms. The summed E-state index contributed by atoms with van der Waals surface area (Å²) in [5.74, 6) is 0.377. The van der Waals surface area contributed by atoms with Gasteiger partial charge in [-0.3, -0.25) is 9.78 Å². The summed E-state index contributed by atoms with van der Waals surface area (Å²) in [4.78, 5) is 22.1. The van der Waals surface area contributed by atoms with E-state index in [0.717, 1.165) is 5.56 Å². The predicted molar refractivity (Wildman–Crippen MR) is 57.5 cm³/mol. The van der Waals surface area contributed by atoms with Gasteiger partial charge in [-0.05, 0) is 18.6 Å². The summed E-state index contributed by atoms with van der Waals surface area (Å²) in [6.07, 6.45) is 2.88. The fourth-order valence-electron chi connectivity index (χ4n) is 1.33. The van der Waals surface area contributed by atoms with E-state index in [-0.39, 0.29) is 5.56 Å². The molecule has 0 spiro atoms. The maximum atomic E-state index is 11.4. The van der Waals surface area contributed by atoms with Crippen LogP contribution >= 0.6 is 0 Å². The summed E-state index contributed by atoms with van der Waals surface area (Å²) in [6.45, 7) is 1.88. The van der Waals surface area contributed by atoms with E-state index in [9.17, 15) is 4.79 Å². The van der Waals surface area contributed by atoms with Crippen LogP contribution in [0, 0.1) is 18.3 Å². The highest BCUT2D eigenvalue weighted by Crippen LogP contribution is 2.14. The first-order valence-electron chi connectivity index (χ1n) is 4.64. The number of nitrogens with one attached hydrogen (secondary N) is 1. The minimum Gasteiger partial charge on any atom is -0.304 e. The van der Waals surface area contributed by atoms with Crippen LogP contribution in [0.25, 0.3) is 11.5 Å². The predicted octanol–water partition coefficient (Wildman–Crippen LogP) is 1.01. The van der Waals surface area contributed by atoms with Crippen LogP contribution in [0.4, 0.5) is 0 Å². The molecule has 0 atom stereocenters. The highest BCUT2D eigenvalue weighted by molar-refractivity contribution is 5.53. The van der Waals surface area contributed by atoms with Crippen LogP contribution in [0.5, 0.6) is 0 Å². The smallest absolute Gasteiger partial charge is 0.269 e. The van der Waals surface area contributed by atoms with Crippen LogP contribution in [-0.4, -0.2) is 15.0 Å². The summed E-state index contributed by atoms with van der Waals surface area (Å²) < 4.78 is 0. The Morgan fingerprint density at radius 2 is 2.25 bits per heavy atom. The number of aromatic nitrogens is 3. The summed E-state index contributed by atoms with van der Waals surface area (Å²) in [6, 6.07) is 5.44. The molecule has 0 fully saturated rings. The van der Waals surface area contributed by atoms with Crippen LogP contribution < -0.4 is 5.56 Å². The van der Waals surface area contributed by atoms with Crippen molar-refractivity contribution < 1.29 is 0 Å². The van der Waals surface area contributed by atoms with E-state index in [1.807, 2.05) is 13.0 Å². The van der Waals surface area contributed by atoms with Gasteiger partial charge in [0.25, 0.3) is 5.56 Å². The highest BCUT2D eigenvalue weighted by atomic mass is 16.1. The molecule has 0 saturated heterocycles. The molecule has 0 aliphatic carbocycles. The topological polar surface area (TPSA) is 82.4 Å². The highest BCUT2D eigenvalue weighted by Gasteiger charge is 2.07. The first-order valence-corrected chi connectivity index (χ1v) is 4.64. The number of nitrogens with zero attached hydrogens (tertiary/aromatic N) is 3. The second-order valence-electron chi connectivity index (χ2n) is 3.26. The molecule has 0 amide bonds. The fourth-order valence-corrected chi connectivity index (χ4v) is 1.33.